The Labute approximate surface area is 238 Å². The minimum Gasteiger partial charge on any atom is -0.388 e. The van der Waals surface area contributed by atoms with Crippen LogP contribution in [-0.4, -0.2) is 25.3 Å². The van der Waals surface area contributed by atoms with Crippen LogP contribution < -0.4 is 5.32 Å². The first-order valence-electron chi connectivity index (χ1n) is 14.3. The van der Waals surface area contributed by atoms with Crippen LogP contribution in [0, 0.1) is 17.2 Å². The lowest BCUT2D eigenvalue weighted by Gasteiger charge is -2.21. The molecule has 0 saturated carbocycles. The van der Waals surface area contributed by atoms with E-state index in [9.17, 15) is 4.79 Å². The summed E-state index contributed by atoms with van der Waals surface area (Å²) in [4.78, 5) is 15.7. The Kier molecular flexibility index (Phi) is 15.0. The van der Waals surface area contributed by atoms with Gasteiger partial charge < -0.3 is 10.7 Å². The topological polar surface area (TPSA) is 65.3 Å². The molecule has 2 aromatic rings. The number of rotatable bonds is 12. The van der Waals surface area contributed by atoms with Gasteiger partial charge in [-0.3, -0.25) is 9.79 Å². The molecule has 0 amide bonds. The van der Waals surface area contributed by atoms with Crippen LogP contribution in [0.1, 0.15) is 96.1 Å². The fraction of sp³-hybridized carbons (Fsp3) is 0.457. The SMILES string of the molecule is CCC\C=C/N=C(\C(C=N)=C(/C)C(CC)Cc1cccc(C=O)c1)C(C)C.CNc1cccc(C(C)(C)C)c1. The summed E-state index contributed by atoms with van der Waals surface area (Å²) in [5, 5.41) is 11.1. The summed E-state index contributed by atoms with van der Waals surface area (Å²) < 4.78 is 0. The molecule has 0 radical (unpaired) electrons. The second-order valence-corrected chi connectivity index (χ2v) is 11.3. The molecule has 0 heterocycles. The molecule has 0 aromatic heterocycles. The van der Waals surface area contributed by atoms with Gasteiger partial charge >= 0.3 is 0 Å². The van der Waals surface area contributed by atoms with Crippen LogP contribution in [0.3, 0.4) is 0 Å². The van der Waals surface area contributed by atoms with Gasteiger partial charge in [-0.2, -0.15) is 0 Å². The Morgan fingerprint density at radius 1 is 1.08 bits per heavy atom. The summed E-state index contributed by atoms with van der Waals surface area (Å²) in [6, 6.07) is 16.3. The Hall–Kier alpha value is -3.27. The molecule has 39 heavy (non-hydrogen) atoms. The first kappa shape index (κ1) is 33.8. The van der Waals surface area contributed by atoms with Gasteiger partial charge in [0, 0.05) is 36.3 Å². The number of hydrogen-bond donors (Lipinski definition) is 2. The third kappa shape index (κ3) is 11.6. The molecular weight excluding hydrogens is 478 g/mol. The number of unbranched alkanes of at least 4 members (excludes halogenated alkanes) is 1. The van der Waals surface area contributed by atoms with Gasteiger partial charge in [-0.25, -0.2) is 0 Å². The van der Waals surface area contributed by atoms with Crippen molar-refractivity contribution >= 4 is 23.9 Å². The Morgan fingerprint density at radius 3 is 2.31 bits per heavy atom. The van der Waals surface area contributed by atoms with Crippen LogP contribution in [0.2, 0.25) is 0 Å². The van der Waals surface area contributed by atoms with Gasteiger partial charge in [-0.05, 0) is 72.8 Å². The molecule has 1 atom stereocenters. The summed E-state index contributed by atoms with van der Waals surface area (Å²) in [7, 11) is 1.95. The van der Waals surface area contributed by atoms with Crippen LogP contribution in [0.5, 0.6) is 0 Å². The van der Waals surface area contributed by atoms with Crippen LogP contribution >= 0.6 is 0 Å². The van der Waals surface area contributed by atoms with E-state index in [1.165, 1.54) is 23.0 Å². The standard InChI is InChI=1S/C24H34N2O.C11H17N/c1-6-8-9-13-26-24(18(3)4)23(16-25)19(5)22(7-2)15-20-11-10-12-21(14-20)17-27;1-11(2,3)9-6-5-7-10(8-9)12-4/h9-14,16-18,22,25H,6-8,15H2,1-5H3;5-8,12H,1-4H3/b13-9-,23-19+,25-16?,26-24-;. The minimum absolute atomic E-state index is 0.243. The van der Waals surface area contributed by atoms with E-state index in [-0.39, 0.29) is 11.3 Å². The van der Waals surface area contributed by atoms with Gasteiger partial charge in [-0.15, -0.1) is 0 Å². The number of anilines is 1. The summed E-state index contributed by atoms with van der Waals surface area (Å²) in [6.45, 7) is 17.4. The summed E-state index contributed by atoms with van der Waals surface area (Å²) in [6.07, 6.45) is 10.3. The maximum absolute atomic E-state index is 11.1. The second kappa shape index (κ2) is 17.3. The van der Waals surface area contributed by atoms with E-state index in [0.717, 1.165) is 48.8 Å². The summed E-state index contributed by atoms with van der Waals surface area (Å²) in [5.41, 5.74) is 7.76. The van der Waals surface area contributed by atoms with Crippen molar-refractivity contribution in [1.82, 2.24) is 0 Å². The molecule has 212 valence electrons. The minimum atomic E-state index is 0.243. The molecule has 0 saturated heterocycles. The predicted molar refractivity (Wildman–Crippen MR) is 172 cm³/mol. The fourth-order valence-electron chi connectivity index (χ4n) is 4.34. The zero-order chi connectivity index (χ0) is 29.4. The molecular formula is C35H51N3O. The summed E-state index contributed by atoms with van der Waals surface area (Å²) in [5.74, 6) is 0.561. The second-order valence-electron chi connectivity index (χ2n) is 11.3. The Bertz CT molecular complexity index is 1130. The van der Waals surface area contributed by atoms with E-state index in [2.05, 4.69) is 102 Å². The van der Waals surface area contributed by atoms with Crippen molar-refractivity contribution in [3.05, 3.63) is 88.6 Å². The number of hydrogen-bond acceptors (Lipinski definition) is 4. The molecule has 0 aliphatic heterocycles. The quantitative estimate of drug-likeness (QED) is 0.212. The molecule has 2 rings (SSSR count). The van der Waals surface area contributed by atoms with Gasteiger partial charge in [0.15, 0.2) is 0 Å². The normalized spacial score (nSPS) is 13.4. The van der Waals surface area contributed by atoms with Crippen molar-refractivity contribution in [1.29, 1.82) is 5.41 Å². The van der Waals surface area contributed by atoms with E-state index in [1.807, 2.05) is 31.4 Å². The maximum Gasteiger partial charge on any atom is 0.150 e. The monoisotopic (exact) mass is 529 g/mol. The molecule has 0 bridgehead atoms. The highest BCUT2D eigenvalue weighted by Crippen LogP contribution is 2.26. The molecule has 2 N–H and O–H groups in total. The van der Waals surface area contributed by atoms with Crippen molar-refractivity contribution < 1.29 is 4.79 Å². The molecule has 0 aliphatic carbocycles. The molecule has 0 aliphatic rings. The van der Waals surface area contributed by atoms with E-state index in [4.69, 9.17) is 5.41 Å². The molecule has 2 aromatic carbocycles. The Morgan fingerprint density at radius 2 is 1.77 bits per heavy atom. The molecule has 0 spiro atoms. The number of nitrogens with zero attached hydrogens (tertiary/aromatic N) is 1. The fourth-order valence-corrected chi connectivity index (χ4v) is 4.34. The number of aldehydes is 1. The zero-order valence-electron chi connectivity index (χ0n) is 25.8. The van der Waals surface area contributed by atoms with Crippen LogP contribution in [0.15, 0.2) is 76.9 Å². The van der Waals surface area contributed by atoms with Gasteiger partial charge in [0.2, 0.25) is 0 Å². The van der Waals surface area contributed by atoms with E-state index in [0.29, 0.717) is 11.5 Å². The maximum atomic E-state index is 11.1. The lowest BCUT2D eigenvalue weighted by Crippen LogP contribution is -2.17. The van der Waals surface area contributed by atoms with Crippen LogP contribution in [-0.2, 0) is 11.8 Å². The summed E-state index contributed by atoms with van der Waals surface area (Å²) >= 11 is 0. The van der Waals surface area contributed by atoms with Crippen LogP contribution in [0.4, 0.5) is 5.69 Å². The van der Waals surface area contributed by atoms with Gasteiger partial charge in [-0.1, -0.05) is 96.9 Å². The van der Waals surface area contributed by atoms with Crippen molar-refractivity contribution in [3.63, 3.8) is 0 Å². The number of nitrogens with one attached hydrogen (secondary N) is 2. The molecule has 1 unspecified atom stereocenters. The highest BCUT2D eigenvalue weighted by molar-refractivity contribution is 6.17. The first-order valence-corrected chi connectivity index (χ1v) is 14.3. The number of aliphatic imine (C=N–C) groups is 1. The highest BCUT2D eigenvalue weighted by atomic mass is 16.1. The number of carbonyl (C=O) groups excluding carboxylic acids is 1. The smallest absolute Gasteiger partial charge is 0.150 e. The average molecular weight is 530 g/mol. The van der Waals surface area contributed by atoms with Crippen molar-refractivity contribution in [2.45, 2.75) is 86.5 Å². The predicted octanol–water partition coefficient (Wildman–Crippen LogP) is 9.47. The van der Waals surface area contributed by atoms with Gasteiger partial charge in [0.05, 0.1) is 5.71 Å². The molecule has 0 fully saturated rings. The van der Waals surface area contributed by atoms with Crippen molar-refractivity contribution in [2.24, 2.45) is 16.8 Å². The van der Waals surface area contributed by atoms with Gasteiger partial charge in [0.25, 0.3) is 0 Å². The van der Waals surface area contributed by atoms with Gasteiger partial charge in [0.1, 0.15) is 6.29 Å². The number of benzene rings is 2. The third-order valence-corrected chi connectivity index (χ3v) is 6.86. The lowest BCUT2D eigenvalue weighted by molar-refractivity contribution is 0.112. The van der Waals surface area contributed by atoms with E-state index < -0.39 is 0 Å². The average Bonchev–Trinajstić information content (AvgIpc) is 2.93. The van der Waals surface area contributed by atoms with Crippen molar-refractivity contribution in [2.75, 3.05) is 12.4 Å². The Balaban J connectivity index is 0.000000525. The third-order valence-electron chi connectivity index (χ3n) is 6.86. The number of allylic oxidation sites excluding steroid dienone is 3. The highest BCUT2D eigenvalue weighted by Gasteiger charge is 2.18. The van der Waals surface area contributed by atoms with Crippen LogP contribution in [0.25, 0.3) is 0 Å². The van der Waals surface area contributed by atoms with E-state index in [1.54, 1.807) is 0 Å². The lowest BCUT2D eigenvalue weighted by atomic mass is 9.84. The van der Waals surface area contributed by atoms with Crippen molar-refractivity contribution in [3.8, 4) is 0 Å². The molecule has 4 nitrogen and oxygen atoms in total. The largest absolute Gasteiger partial charge is 0.388 e. The number of carbonyl (C=O) groups is 1. The van der Waals surface area contributed by atoms with E-state index >= 15 is 0 Å². The zero-order valence-corrected chi connectivity index (χ0v) is 25.8. The molecule has 4 heteroatoms. The first-order chi connectivity index (χ1) is 18.5.